The van der Waals surface area contributed by atoms with Crippen LogP contribution in [0.2, 0.25) is 0 Å². The Kier molecular flexibility index (Phi) is 3.28. The van der Waals surface area contributed by atoms with Crippen LogP contribution in [0.5, 0.6) is 0 Å². The van der Waals surface area contributed by atoms with E-state index >= 15 is 0 Å². The fourth-order valence-corrected chi connectivity index (χ4v) is 3.02. The number of nitrogens with zero attached hydrogens (tertiary/aromatic N) is 1. The SMILES string of the molecule is CC(C)(C)OC(=O)N1CC2CCC(CO)(C1)C2(F)F. The maximum atomic E-state index is 14.1. The predicted molar refractivity (Wildman–Crippen MR) is 65.0 cm³/mol. The summed E-state index contributed by atoms with van der Waals surface area (Å²) in [6.07, 6.45) is 0.0144. The number of likely N-dealkylation sites (tertiary alicyclic amines) is 1. The zero-order valence-electron chi connectivity index (χ0n) is 11.6. The van der Waals surface area contributed by atoms with Gasteiger partial charge in [-0.3, -0.25) is 0 Å². The standard InChI is InChI=1S/C13H21F2NO3/c1-11(2,3)19-10(18)16-6-9-4-5-12(7-16,8-17)13(9,14)15/h9,17H,4-8H2,1-3H3. The number of ether oxygens (including phenoxy) is 1. The van der Waals surface area contributed by atoms with Crippen LogP contribution in [-0.2, 0) is 4.74 Å². The molecule has 0 aromatic rings. The Hall–Kier alpha value is -0.910. The van der Waals surface area contributed by atoms with Crippen molar-refractivity contribution >= 4 is 6.09 Å². The number of fused-ring (bicyclic) bond motifs is 2. The van der Waals surface area contributed by atoms with Crippen LogP contribution in [0.3, 0.4) is 0 Å². The average molecular weight is 277 g/mol. The predicted octanol–water partition coefficient (Wildman–Crippen LogP) is 2.26. The molecule has 4 nitrogen and oxygen atoms in total. The first-order valence-electron chi connectivity index (χ1n) is 6.58. The van der Waals surface area contributed by atoms with Crippen molar-refractivity contribution in [3.8, 4) is 0 Å². The van der Waals surface area contributed by atoms with E-state index in [0.29, 0.717) is 6.42 Å². The van der Waals surface area contributed by atoms with Crippen molar-refractivity contribution in [1.82, 2.24) is 4.90 Å². The zero-order chi connectivity index (χ0) is 14.5. The van der Waals surface area contributed by atoms with Crippen LogP contribution in [0.25, 0.3) is 0 Å². The highest BCUT2D eigenvalue weighted by Gasteiger charge is 2.66. The van der Waals surface area contributed by atoms with Gasteiger partial charge in [-0.05, 0) is 33.6 Å². The lowest BCUT2D eigenvalue weighted by atomic mass is 9.79. The minimum Gasteiger partial charge on any atom is -0.444 e. The highest BCUT2D eigenvalue weighted by Crippen LogP contribution is 2.56. The molecular formula is C13H21F2NO3. The molecule has 6 heteroatoms. The number of amides is 1. The van der Waals surface area contributed by atoms with Gasteiger partial charge in [-0.15, -0.1) is 0 Å². The second-order valence-electron chi connectivity index (χ2n) is 6.66. The third-order valence-corrected chi connectivity index (χ3v) is 4.08. The topological polar surface area (TPSA) is 49.8 Å². The van der Waals surface area contributed by atoms with Gasteiger partial charge in [0.05, 0.1) is 12.0 Å². The van der Waals surface area contributed by atoms with Crippen LogP contribution in [0.1, 0.15) is 33.6 Å². The van der Waals surface area contributed by atoms with Crippen molar-refractivity contribution in [2.75, 3.05) is 19.7 Å². The van der Waals surface area contributed by atoms with E-state index in [1.165, 1.54) is 4.90 Å². The molecule has 2 atom stereocenters. The van der Waals surface area contributed by atoms with E-state index < -0.39 is 35.6 Å². The van der Waals surface area contributed by atoms with Gasteiger partial charge in [0.15, 0.2) is 0 Å². The van der Waals surface area contributed by atoms with Crippen LogP contribution in [0.15, 0.2) is 0 Å². The van der Waals surface area contributed by atoms with E-state index in [0.717, 1.165) is 0 Å². The average Bonchev–Trinajstić information content (AvgIpc) is 2.46. The largest absolute Gasteiger partial charge is 0.444 e. The molecule has 1 saturated heterocycles. The Labute approximate surface area is 111 Å². The van der Waals surface area contributed by atoms with E-state index in [1.807, 2.05) is 0 Å². The van der Waals surface area contributed by atoms with E-state index in [4.69, 9.17) is 4.74 Å². The molecule has 2 unspecified atom stereocenters. The van der Waals surface area contributed by atoms with Crippen LogP contribution < -0.4 is 0 Å². The molecule has 0 spiro atoms. The summed E-state index contributed by atoms with van der Waals surface area (Å²) in [4.78, 5) is 13.3. The second-order valence-corrected chi connectivity index (χ2v) is 6.66. The molecule has 2 rings (SSSR count). The lowest BCUT2D eigenvalue weighted by molar-refractivity contribution is -0.181. The number of piperidine rings is 1. The molecule has 1 saturated carbocycles. The highest BCUT2D eigenvalue weighted by molar-refractivity contribution is 5.68. The van der Waals surface area contributed by atoms with Crippen molar-refractivity contribution in [3.63, 3.8) is 0 Å². The van der Waals surface area contributed by atoms with Crippen molar-refractivity contribution in [1.29, 1.82) is 0 Å². The van der Waals surface area contributed by atoms with Crippen LogP contribution in [0, 0.1) is 11.3 Å². The Morgan fingerprint density at radius 2 is 2.11 bits per heavy atom. The maximum Gasteiger partial charge on any atom is 0.410 e. The Morgan fingerprint density at radius 3 is 2.63 bits per heavy atom. The van der Waals surface area contributed by atoms with Gasteiger partial charge >= 0.3 is 6.09 Å². The second kappa shape index (κ2) is 4.30. The number of halogens is 2. The number of hydrogen-bond donors (Lipinski definition) is 1. The lowest BCUT2D eigenvalue weighted by Crippen LogP contribution is -2.59. The minimum atomic E-state index is -2.90. The summed E-state index contributed by atoms with van der Waals surface area (Å²) in [5, 5.41) is 9.38. The van der Waals surface area contributed by atoms with Crippen molar-refractivity contribution < 1.29 is 23.4 Å². The summed E-state index contributed by atoms with van der Waals surface area (Å²) < 4.78 is 33.5. The maximum absolute atomic E-state index is 14.1. The number of hydrogen-bond acceptors (Lipinski definition) is 3. The molecule has 19 heavy (non-hydrogen) atoms. The summed E-state index contributed by atoms with van der Waals surface area (Å²) in [5.41, 5.74) is -2.14. The normalized spacial score (nSPS) is 33.4. The van der Waals surface area contributed by atoms with Gasteiger partial charge in [-0.1, -0.05) is 0 Å². The minimum absolute atomic E-state index is 0.00363. The van der Waals surface area contributed by atoms with Crippen LogP contribution in [0.4, 0.5) is 13.6 Å². The summed E-state index contributed by atoms with van der Waals surface area (Å²) in [6.45, 7) is 4.47. The fraction of sp³-hybridized carbons (Fsp3) is 0.923. The highest BCUT2D eigenvalue weighted by atomic mass is 19.3. The summed E-state index contributed by atoms with van der Waals surface area (Å²) in [7, 11) is 0. The van der Waals surface area contributed by atoms with Gasteiger partial charge in [0.25, 0.3) is 5.92 Å². The molecule has 110 valence electrons. The molecule has 0 aromatic carbocycles. The first-order chi connectivity index (χ1) is 8.61. The van der Waals surface area contributed by atoms with Gasteiger partial charge in [0, 0.05) is 19.0 Å². The van der Waals surface area contributed by atoms with E-state index in [-0.39, 0.29) is 19.5 Å². The van der Waals surface area contributed by atoms with E-state index in [1.54, 1.807) is 20.8 Å². The van der Waals surface area contributed by atoms with Gasteiger partial charge in [-0.2, -0.15) is 0 Å². The lowest BCUT2D eigenvalue weighted by Gasteiger charge is -2.45. The summed E-state index contributed by atoms with van der Waals surface area (Å²) in [5.74, 6) is -3.78. The molecule has 0 aromatic heterocycles. The molecule has 2 fully saturated rings. The molecule has 0 radical (unpaired) electrons. The van der Waals surface area contributed by atoms with Gasteiger partial charge in [-0.25, -0.2) is 13.6 Å². The number of carbonyl (C=O) groups is 1. The smallest absolute Gasteiger partial charge is 0.410 e. The van der Waals surface area contributed by atoms with Gasteiger partial charge < -0.3 is 14.7 Å². The quantitative estimate of drug-likeness (QED) is 0.800. The van der Waals surface area contributed by atoms with Crippen molar-refractivity contribution in [2.24, 2.45) is 11.3 Å². The third-order valence-electron chi connectivity index (χ3n) is 4.08. The third kappa shape index (κ3) is 2.30. The molecule has 1 heterocycles. The Morgan fingerprint density at radius 1 is 1.47 bits per heavy atom. The fourth-order valence-electron chi connectivity index (χ4n) is 3.02. The Balaban J connectivity index is 2.15. The monoisotopic (exact) mass is 277 g/mol. The van der Waals surface area contributed by atoms with Gasteiger partial charge in [0.1, 0.15) is 5.60 Å². The van der Waals surface area contributed by atoms with Gasteiger partial charge in [0.2, 0.25) is 0 Å². The molecule has 1 amide bonds. The molecule has 1 N–H and O–H groups in total. The summed E-state index contributed by atoms with van der Waals surface area (Å²) >= 11 is 0. The van der Waals surface area contributed by atoms with Crippen molar-refractivity contribution in [2.45, 2.75) is 45.1 Å². The molecular weight excluding hydrogens is 256 g/mol. The van der Waals surface area contributed by atoms with E-state index in [2.05, 4.69) is 0 Å². The molecule has 2 aliphatic rings. The molecule has 1 aliphatic carbocycles. The number of rotatable bonds is 1. The summed E-state index contributed by atoms with van der Waals surface area (Å²) in [6, 6.07) is 0. The Bertz CT molecular complexity index is 381. The number of alkyl halides is 2. The van der Waals surface area contributed by atoms with Crippen molar-refractivity contribution in [3.05, 3.63) is 0 Å². The first kappa shape index (κ1) is 14.5. The van der Waals surface area contributed by atoms with Crippen LogP contribution >= 0.6 is 0 Å². The van der Waals surface area contributed by atoms with Crippen LogP contribution in [-0.4, -0.2) is 47.3 Å². The number of aliphatic hydroxyl groups excluding tert-OH is 1. The number of carbonyl (C=O) groups excluding carboxylic acids is 1. The zero-order valence-corrected chi connectivity index (χ0v) is 11.6. The molecule has 2 bridgehead atoms. The first-order valence-corrected chi connectivity index (χ1v) is 6.58. The van der Waals surface area contributed by atoms with E-state index in [9.17, 15) is 18.7 Å². The molecule has 1 aliphatic heterocycles. The number of aliphatic hydroxyl groups is 1.